The first-order valence-electron chi connectivity index (χ1n) is 8.75. The van der Waals surface area contributed by atoms with E-state index in [1.807, 2.05) is 18.2 Å². The van der Waals surface area contributed by atoms with Gasteiger partial charge in [-0.05, 0) is 37.9 Å². The van der Waals surface area contributed by atoms with Gasteiger partial charge in [-0.1, -0.05) is 30.3 Å². The lowest BCUT2D eigenvalue weighted by Gasteiger charge is -2.41. The SMILES string of the molecule is COC(=O)[C@]1(NC(=O)c2ccoc2C)CCCN(Cc2ccccc2)C1. The summed E-state index contributed by atoms with van der Waals surface area (Å²) in [6.45, 7) is 3.73. The van der Waals surface area contributed by atoms with Crippen LogP contribution in [0.3, 0.4) is 0 Å². The first-order chi connectivity index (χ1) is 12.5. The van der Waals surface area contributed by atoms with Crippen molar-refractivity contribution in [1.82, 2.24) is 10.2 Å². The van der Waals surface area contributed by atoms with Crippen LogP contribution in [-0.2, 0) is 16.1 Å². The number of furan rings is 1. The molecule has 0 unspecified atom stereocenters. The molecule has 138 valence electrons. The van der Waals surface area contributed by atoms with E-state index in [0.717, 1.165) is 19.5 Å². The Labute approximate surface area is 153 Å². The zero-order valence-corrected chi connectivity index (χ0v) is 15.2. The van der Waals surface area contributed by atoms with Crippen molar-refractivity contribution in [3.8, 4) is 0 Å². The molecule has 6 heteroatoms. The molecule has 0 saturated carbocycles. The number of methoxy groups -OCH3 is 1. The quantitative estimate of drug-likeness (QED) is 0.834. The highest BCUT2D eigenvalue weighted by Crippen LogP contribution is 2.25. The molecular weight excluding hydrogens is 332 g/mol. The second-order valence-corrected chi connectivity index (χ2v) is 6.72. The number of carbonyl (C=O) groups excluding carboxylic acids is 2. The minimum atomic E-state index is -1.05. The number of esters is 1. The predicted molar refractivity (Wildman–Crippen MR) is 96.6 cm³/mol. The Balaban J connectivity index is 1.79. The number of rotatable bonds is 5. The molecule has 1 fully saturated rings. The minimum Gasteiger partial charge on any atom is -0.469 e. The van der Waals surface area contributed by atoms with Crippen LogP contribution in [0, 0.1) is 6.92 Å². The summed E-state index contributed by atoms with van der Waals surface area (Å²) in [6, 6.07) is 11.7. The first-order valence-corrected chi connectivity index (χ1v) is 8.75. The fraction of sp³-hybridized carbons (Fsp3) is 0.400. The Morgan fingerprint density at radius 3 is 2.69 bits per heavy atom. The Morgan fingerprint density at radius 1 is 1.27 bits per heavy atom. The number of hydrogen-bond acceptors (Lipinski definition) is 5. The Morgan fingerprint density at radius 2 is 2.04 bits per heavy atom. The molecule has 0 spiro atoms. The summed E-state index contributed by atoms with van der Waals surface area (Å²) in [6.07, 6.45) is 2.82. The van der Waals surface area contributed by atoms with Crippen molar-refractivity contribution < 1.29 is 18.7 Å². The number of nitrogens with zero attached hydrogens (tertiary/aromatic N) is 1. The molecule has 0 bridgehead atoms. The van der Waals surface area contributed by atoms with Gasteiger partial charge in [0.15, 0.2) is 5.54 Å². The maximum atomic E-state index is 12.7. The number of nitrogens with one attached hydrogen (secondary N) is 1. The maximum absolute atomic E-state index is 12.7. The van der Waals surface area contributed by atoms with Crippen molar-refractivity contribution in [1.29, 1.82) is 0 Å². The summed E-state index contributed by atoms with van der Waals surface area (Å²) < 4.78 is 10.2. The van der Waals surface area contributed by atoms with Crippen LogP contribution in [0.4, 0.5) is 0 Å². The molecule has 1 aliphatic rings. The van der Waals surface area contributed by atoms with Crippen LogP contribution in [0.1, 0.15) is 34.5 Å². The number of piperidine rings is 1. The Bertz CT molecular complexity index is 771. The van der Waals surface area contributed by atoms with Gasteiger partial charge in [0.1, 0.15) is 5.76 Å². The van der Waals surface area contributed by atoms with Gasteiger partial charge in [0.2, 0.25) is 0 Å². The van der Waals surface area contributed by atoms with E-state index in [1.54, 1.807) is 13.0 Å². The number of benzene rings is 1. The summed E-state index contributed by atoms with van der Waals surface area (Å²) in [7, 11) is 1.36. The molecule has 2 heterocycles. The van der Waals surface area contributed by atoms with Gasteiger partial charge in [0, 0.05) is 13.1 Å². The highest BCUT2D eigenvalue weighted by atomic mass is 16.5. The van der Waals surface area contributed by atoms with Crippen molar-refractivity contribution in [2.45, 2.75) is 31.8 Å². The van der Waals surface area contributed by atoms with Gasteiger partial charge in [-0.25, -0.2) is 4.79 Å². The van der Waals surface area contributed by atoms with Crippen LogP contribution in [0.2, 0.25) is 0 Å². The van der Waals surface area contributed by atoms with Gasteiger partial charge >= 0.3 is 5.97 Å². The van der Waals surface area contributed by atoms with E-state index in [1.165, 1.54) is 18.9 Å². The lowest BCUT2D eigenvalue weighted by Crippen LogP contribution is -2.63. The lowest BCUT2D eigenvalue weighted by molar-refractivity contribution is -0.150. The van der Waals surface area contributed by atoms with Gasteiger partial charge < -0.3 is 14.5 Å². The number of carbonyl (C=O) groups is 2. The maximum Gasteiger partial charge on any atom is 0.332 e. The summed E-state index contributed by atoms with van der Waals surface area (Å²) in [5, 5.41) is 2.93. The third-order valence-corrected chi connectivity index (χ3v) is 4.85. The van der Waals surface area contributed by atoms with Crippen LogP contribution in [0.5, 0.6) is 0 Å². The topological polar surface area (TPSA) is 71.8 Å². The van der Waals surface area contributed by atoms with E-state index < -0.39 is 11.5 Å². The summed E-state index contributed by atoms with van der Waals surface area (Å²) in [4.78, 5) is 27.5. The van der Waals surface area contributed by atoms with Gasteiger partial charge in [0.25, 0.3) is 5.91 Å². The third kappa shape index (κ3) is 3.80. The van der Waals surface area contributed by atoms with Crippen molar-refractivity contribution in [2.75, 3.05) is 20.2 Å². The number of ether oxygens (including phenoxy) is 1. The molecule has 1 aliphatic heterocycles. The van der Waals surface area contributed by atoms with Gasteiger partial charge in [-0.15, -0.1) is 0 Å². The number of aryl methyl sites for hydroxylation is 1. The lowest BCUT2D eigenvalue weighted by atomic mass is 9.88. The zero-order valence-electron chi connectivity index (χ0n) is 15.2. The second kappa shape index (κ2) is 7.74. The van der Waals surface area contributed by atoms with E-state index in [0.29, 0.717) is 24.3 Å². The molecule has 2 aromatic rings. The van der Waals surface area contributed by atoms with Crippen molar-refractivity contribution in [3.05, 3.63) is 59.5 Å². The average Bonchev–Trinajstić information content (AvgIpc) is 3.08. The standard InChI is InChI=1S/C20H24N2O4/c1-15-17(9-12-26-15)18(23)21-20(19(24)25-2)10-6-11-22(14-20)13-16-7-4-3-5-8-16/h3-5,7-9,12H,6,10-11,13-14H2,1-2H3,(H,21,23)/t20-/m0/s1. The number of likely N-dealkylation sites (tertiary alicyclic amines) is 1. The van der Waals surface area contributed by atoms with E-state index in [4.69, 9.17) is 9.15 Å². The summed E-state index contributed by atoms with van der Waals surface area (Å²) >= 11 is 0. The third-order valence-electron chi connectivity index (χ3n) is 4.85. The molecule has 3 rings (SSSR count). The van der Waals surface area contributed by atoms with E-state index in [-0.39, 0.29) is 5.91 Å². The Hall–Kier alpha value is -2.60. The zero-order chi connectivity index (χ0) is 18.6. The molecule has 1 atom stereocenters. The second-order valence-electron chi connectivity index (χ2n) is 6.72. The van der Waals surface area contributed by atoms with E-state index in [9.17, 15) is 9.59 Å². The highest BCUT2D eigenvalue weighted by molar-refractivity contribution is 5.99. The molecule has 1 N–H and O–H groups in total. The molecule has 26 heavy (non-hydrogen) atoms. The molecule has 0 radical (unpaired) electrons. The van der Waals surface area contributed by atoms with Gasteiger partial charge in [0.05, 0.1) is 18.9 Å². The highest BCUT2D eigenvalue weighted by Gasteiger charge is 2.45. The number of amides is 1. The summed E-state index contributed by atoms with van der Waals surface area (Å²) in [5.41, 5.74) is 0.557. The summed E-state index contributed by atoms with van der Waals surface area (Å²) in [5.74, 6) is -0.201. The largest absolute Gasteiger partial charge is 0.469 e. The van der Waals surface area contributed by atoms with E-state index >= 15 is 0 Å². The first kappa shape index (κ1) is 18.2. The smallest absolute Gasteiger partial charge is 0.332 e. The molecule has 0 aliphatic carbocycles. The van der Waals surface area contributed by atoms with Crippen LogP contribution >= 0.6 is 0 Å². The van der Waals surface area contributed by atoms with Crippen LogP contribution < -0.4 is 5.32 Å². The van der Waals surface area contributed by atoms with Gasteiger partial charge in [-0.3, -0.25) is 9.69 Å². The fourth-order valence-electron chi connectivity index (χ4n) is 3.54. The van der Waals surface area contributed by atoms with Gasteiger partial charge in [-0.2, -0.15) is 0 Å². The van der Waals surface area contributed by atoms with Crippen LogP contribution in [0.15, 0.2) is 47.1 Å². The van der Waals surface area contributed by atoms with Crippen molar-refractivity contribution in [2.24, 2.45) is 0 Å². The Kier molecular flexibility index (Phi) is 5.42. The normalized spacial score (nSPS) is 20.5. The number of hydrogen-bond donors (Lipinski definition) is 1. The average molecular weight is 356 g/mol. The minimum absolute atomic E-state index is 0.316. The van der Waals surface area contributed by atoms with Crippen molar-refractivity contribution >= 4 is 11.9 Å². The molecular formula is C20H24N2O4. The fourth-order valence-corrected chi connectivity index (χ4v) is 3.54. The molecule has 1 aromatic carbocycles. The van der Waals surface area contributed by atoms with E-state index in [2.05, 4.69) is 22.3 Å². The van der Waals surface area contributed by atoms with Crippen molar-refractivity contribution in [3.63, 3.8) is 0 Å². The monoisotopic (exact) mass is 356 g/mol. The molecule has 1 saturated heterocycles. The molecule has 1 amide bonds. The molecule has 6 nitrogen and oxygen atoms in total. The predicted octanol–water partition coefficient (Wildman–Crippen LogP) is 2.53. The van der Waals surface area contributed by atoms with Crippen LogP contribution in [-0.4, -0.2) is 42.5 Å². The van der Waals surface area contributed by atoms with Crippen LogP contribution in [0.25, 0.3) is 0 Å². The molecule has 1 aromatic heterocycles.